The number of hydrogen-bond donors (Lipinski definition) is 2. The number of nitrogen functional groups attached to an aromatic ring is 2. The molecular formula is C10H9FN4. The Balaban J connectivity index is 2.50. The van der Waals surface area contributed by atoms with Gasteiger partial charge in [-0.1, -0.05) is 12.1 Å². The van der Waals surface area contributed by atoms with E-state index in [2.05, 4.69) is 10.2 Å². The highest BCUT2D eigenvalue weighted by molar-refractivity contribution is 5.67. The van der Waals surface area contributed by atoms with E-state index in [1.165, 1.54) is 12.1 Å². The van der Waals surface area contributed by atoms with Crippen molar-refractivity contribution in [2.45, 2.75) is 0 Å². The zero-order chi connectivity index (χ0) is 10.8. The van der Waals surface area contributed by atoms with Crippen LogP contribution in [0.3, 0.4) is 0 Å². The van der Waals surface area contributed by atoms with E-state index in [-0.39, 0.29) is 11.6 Å². The molecule has 0 radical (unpaired) electrons. The summed E-state index contributed by atoms with van der Waals surface area (Å²) in [6.07, 6.45) is 0. The Hall–Kier alpha value is -2.17. The number of nitrogens with zero attached hydrogens (tertiary/aromatic N) is 2. The summed E-state index contributed by atoms with van der Waals surface area (Å²) in [7, 11) is 0. The molecule has 0 saturated heterocycles. The molecule has 1 heterocycles. The van der Waals surface area contributed by atoms with Gasteiger partial charge in [-0.3, -0.25) is 0 Å². The normalized spacial score (nSPS) is 10.2. The average molecular weight is 204 g/mol. The van der Waals surface area contributed by atoms with E-state index >= 15 is 0 Å². The van der Waals surface area contributed by atoms with Crippen molar-refractivity contribution in [3.63, 3.8) is 0 Å². The summed E-state index contributed by atoms with van der Waals surface area (Å²) in [4.78, 5) is 0. The maximum Gasteiger partial charge on any atom is 0.169 e. The van der Waals surface area contributed by atoms with Crippen LogP contribution in [0, 0.1) is 5.82 Å². The first-order chi connectivity index (χ1) is 7.16. The fourth-order valence-corrected chi connectivity index (χ4v) is 1.20. The highest BCUT2D eigenvalue weighted by atomic mass is 19.1. The van der Waals surface area contributed by atoms with E-state index < -0.39 is 0 Å². The van der Waals surface area contributed by atoms with Gasteiger partial charge in [0, 0.05) is 5.56 Å². The van der Waals surface area contributed by atoms with Gasteiger partial charge in [-0.15, -0.1) is 10.2 Å². The number of anilines is 2. The van der Waals surface area contributed by atoms with Gasteiger partial charge in [-0.05, 0) is 18.2 Å². The van der Waals surface area contributed by atoms with Crippen molar-refractivity contribution in [3.05, 3.63) is 36.1 Å². The van der Waals surface area contributed by atoms with Crippen LogP contribution in [-0.4, -0.2) is 10.2 Å². The van der Waals surface area contributed by atoms with Gasteiger partial charge in [-0.25, -0.2) is 4.39 Å². The van der Waals surface area contributed by atoms with Crippen LogP contribution in [0.5, 0.6) is 0 Å². The van der Waals surface area contributed by atoms with E-state index in [1.807, 2.05) is 0 Å². The zero-order valence-corrected chi connectivity index (χ0v) is 7.81. The zero-order valence-electron chi connectivity index (χ0n) is 7.81. The summed E-state index contributed by atoms with van der Waals surface area (Å²) < 4.78 is 12.9. The van der Waals surface area contributed by atoms with E-state index in [0.29, 0.717) is 16.9 Å². The molecule has 0 saturated carbocycles. The van der Waals surface area contributed by atoms with Gasteiger partial charge in [-0.2, -0.15) is 0 Å². The van der Waals surface area contributed by atoms with Gasteiger partial charge in [0.15, 0.2) is 5.82 Å². The van der Waals surface area contributed by atoms with Crippen LogP contribution in [0.4, 0.5) is 15.9 Å². The lowest BCUT2D eigenvalue weighted by atomic mass is 10.1. The fourth-order valence-electron chi connectivity index (χ4n) is 1.20. The Morgan fingerprint density at radius 2 is 1.87 bits per heavy atom. The van der Waals surface area contributed by atoms with Crippen molar-refractivity contribution in [2.24, 2.45) is 0 Å². The van der Waals surface area contributed by atoms with Crippen LogP contribution < -0.4 is 11.5 Å². The highest BCUT2D eigenvalue weighted by Gasteiger charge is 2.04. The molecule has 5 heteroatoms. The SMILES string of the molecule is Nc1cc(-c2cccc(F)c2)nnc1N. The molecule has 0 bridgehead atoms. The van der Waals surface area contributed by atoms with Crippen LogP contribution in [0.15, 0.2) is 30.3 Å². The molecule has 0 aliphatic rings. The van der Waals surface area contributed by atoms with E-state index in [4.69, 9.17) is 11.5 Å². The minimum Gasteiger partial charge on any atom is -0.396 e. The lowest BCUT2D eigenvalue weighted by molar-refractivity contribution is 0.628. The smallest absolute Gasteiger partial charge is 0.169 e. The van der Waals surface area contributed by atoms with Crippen LogP contribution in [0.2, 0.25) is 0 Å². The minimum atomic E-state index is -0.329. The third-order valence-corrected chi connectivity index (χ3v) is 1.97. The van der Waals surface area contributed by atoms with Crippen LogP contribution in [-0.2, 0) is 0 Å². The molecule has 2 aromatic rings. The van der Waals surface area contributed by atoms with Crippen molar-refractivity contribution in [1.29, 1.82) is 0 Å². The Morgan fingerprint density at radius 3 is 2.53 bits per heavy atom. The maximum atomic E-state index is 12.9. The lowest BCUT2D eigenvalue weighted by Crippen LogP contribution is -2.00. The van der Waals surface area contributed by atoms with E-state index in [0.717, 1.165) is 0 Å². The number of aromatic nitrogens is 2. The second-order valence-corrected chi connectivity index (χ2v) is 3.08. The summed E-state index contributed by atoms with van der Waals surface area (Å²) in [5.41, 5.74) is 12.5. The van der Waals surface area contributed by atoms with Crippen LogP contribution in [0.25, 0.3) is 11.3 Å². The minimum absolute atomic E-state index is 0.176. The molecule has 4 N–H and O–H groups in total. The summed E-state index contributed by atoms with van der Waals surface area (Å²) in [6.45, 7) is 0. The first kappa shape index (κ1) is 9.39. The quantitative estimate of drug-likeness (QED) is 0.736. The van der Waals surface area contributed by atoms with Gasteiger partial charge in [0.25, 0.3) is 0 Å². The summed E-state index contributed by atoms with van der Waals surface area (Å²) in [5.74, 6) is -0.153. The first-order valence-electron chi connectivity index (χ1n) is 4.31. The van der Waals surface area contributed by atoms with Crippen LogP contribution in [0.1, 0.15) is 0 Å². The summed E-state index contributed by atoms with van der Waals surface area (Å²) >= 11 is 0. The van der Waals surface area contributed by atoms with Crippen molar-refractivity contribution in [1.82, 2.24) is 10.2 Å². The predicted octanol–water partition coefficient (Wildman–Crippen LogP) is 1.45. The van der Waals surface area contributed by atoms with Gasteiger partial charge >= 0.3 is 0 Å². The topological polar surface area (TPSA) is 77.8 Å². The molecule has 2 rings (SSSR count). The van der Waals surface area contributed by atoms with Gasteiger partial charge < -0.3 is 11.5 Å². The predicted molar refractivity (Wildman–Crippen MR) is 56.3 cm³/mol. The molecule has 0 spiro atoms. The molecule has 0 fully saturated rings. The first-order valence-corrected chi connectivity index (χ1v) is 4.31. The monoisotopic (exact) mass is 204 g/mol. The number of benzene rings is 1. The molecule has 0 aliphatic heterocycles. The molecule has 0 unspecified atom stereocenters. The molecule has 0 aliphatic carbocycles. The second kappa shape index (κ2) is 3.53. The Kier molecular flexibility index (Phi) is 2.21. The van der Waals surface area contributed by atoms with Gasteiger partial charge in [0.1, 0.15) is 5.82 Å². The van der Waals surface area contributed by atoms with Gasteiger partial charge in [0.05, 0.1) is 11.4 Å². The lowest BCUT2D eigenvalue weighted by Gasteiger charge is -2.02. The molecule has 0 amide bonds. The average Bonchev–Trinajstić information content (AvgIpc) is 2.22. The molecule has 1 aromatic heterocycles. The Morgan fingerprint density at radius 1 is 1.07 bits per heavy atom. The molecule has 1 aromatic carbocycles. The molecule has 4 nitrogen and oxygen atoms in total. The highest BCUT2D eigenvalue weighted by Crippen LogP contribution is 2.21. The van der Waals surface area contributed by atoms with E-state index in [1.54, 1.807) is 18.2 Å². The second-order valence-electron chi connectivity index (χ2n) is 3.08. The molecule has 15 heavy (non-hydrogen) atoms. The third-order valence-electron chi connectivity index (χ3n) is 1.97. The van der Waals surface area contributed by atoms with Crippen molar-refractivity contribution in [2.75, 3.05) is 11.5 Å². The molecule has 76 valence electrons. The van der Waals surface area contributed by atoms with Crippen molar-refractivity contribution < 1.29 is 4.39 Å². The third kappa shape index (κ3) is 1.85. The fraction of sp³-hybridized carbons (Fsp3) is 0. The van der Waals surface area contributed by atoms with Crippen molar-refractivity contribution in [3.8, 4) is 11.3 Å². The molecular weight excluding hydrogens is 195 g/mol. The number of halogens is 1. The van der Waals surface area contributed by atoms with E-state index in [9.17, 15) is 4.39 Å². The largest absolute Gasteiger partial charge is 0.396 e. The van der Waals surface area contributed by atoms with Crippen LogP contribution >= 0.6 is 0 Å². The standard InChI is InChI=1S/C10H9FN4/c11-7-3-1-2-6(4-7)9-5-8(12)10(13)15-14-9/h1-5H,(H2,12,14)(H2,13,15). The maximum absolute atomic E-state index is 12.9. The Labute approximate surface area is 85.7 Å². The van der Waals surface area contributed by atoms with Gasteiger partial charge in [0.2, 0.25) is 0 Å². The molecule has 0 atom stereocenters. The number of rotatable bonds is 1. The Bertz CT molecular complexity index is 499. The number of hydrogen-bond acceptors (Lipinski definition) is 4. The van der Waals surface area contributed by atoms with Crippen molar-refractivity contribution >= 4 is 11.5 Å². The summed E-state index contributed by atoms with van der Waals surface area (Å²) in [6, 6.07) is 7.61. The summed E-state index contributed by atoms with van der Waals surface area (Å²) in [5, 5.41) is 7.49. The number of nitrogens with two attached hydrogens (primary N) is 2.